The van der Waals surface area contributed by atoms with E-state index in [2.05, 4.69) is 0 Å². The first-order valence-corrected chi connectivity index (χ1v) is 10.4. The van der Waals surface area contributed by atoms with Crippen LogP contribution in [0.2, 0.25) is 0 Å². The molecule has 1 aliphatic heterocycles. The van der Waals surface area contributed by atoms with Gasteiger partial charge in [-0.25, -0.2) is 12.8 Å². The molecule has 0 bridgehead atoms. The molecule has 1 saturated heterocycles. The molecule has 1 aromatic heterocycles. The van der Waals surface area contributed by atoms with Gasteiger partial charge in [-0.1, -0.05) is 13.8 Å². The third kappa shape index (κ3) is 4.15. The summed E-state index contributed by atoms with van der Waals surface area (Å²) in [5, 5.41) is 0. The van der Waals surface area contributed by atoms with Crippen LogP contribution in [0.25, 0.3) is 11.3 Å². The Morgan fingerprint density at radius 3 is 2.50 bits per heavy atom. The zero-order valence-corrected chi connectivity index (χ0v) is 15.6. The summed E-state index contributed by atoms with van der Waals surface area (Å²) in [6.07, 6.45) is 0.451. The minimum Gasteiger partial charge on any atom is -0.459 e. The van der Waals surface area contributed by atoms with Gasteiger partial charge in [0.05, 0.1) is 18.1 Å². The van der Waals surface area contributed by atoms with Crippen LogP contribution in [0.3, 0.4) is 0 Å². The minimum atomic E-state index is -3.09. The molecule has 1 aliphatic rings. The molecule has 1 aromatic carbocycles. The van der Waals surface area contributed by atoms with E-state index in [4.69, 9.17) is 4.42 Å². The third-order valence-corrected chi connectivity index (χ3v) is 6.29. The lowest BCUT2D eigenvalue weighted by Gasteiger charge is -2.29. The minimum absolute atomic E-state index is 0.00299. The van der Waals surface area contributed by atoms with Gasteiger partial charge in [0.25, 0.3) is 0 Å². The molecule has 1 amide bonds. The van der Waals surface area contributed by atoms with Gasteiger partial charge in [-0.2, -0.15) is 0 Å². The lowest BCUT2D eigenvalue weighted by atomic mass is 10.1. The predicted octanol–water partition coefficient (Wildman–Crippen LogP) is 3.26. The SMILES string of the molecule is CC(C)C(=O)N(Cc1ccc(-c2ccc(F)cc2)o1)[C@@H]1CCS(=O)(=O)C1. The molecule has 26 heavy (non-hydrogen) atoms. The molecule has 2 aromatic rings. The second-order valence-corrected chi connectivity index (χ2v) is 9.18. The molecule has 0 spiro atoms. The topological polar surface area (TPSA) is 67.6 Å². The smallest absolute Gasteiger partial charge is 0.225 e. The first-order chi connectivity index (χ1) is 12.2. The number of carbonyl (C=O) groups excluding carboxylic acids is 1. The zero-order valence-electron chi connectivity index (χ0n) is 14.8. The summed E-state index contributed by atoms with van der Waals surface area (Å²) >= 11 is 0. The van der Waals surface area contributed by atoms with Crippen molar-refractivity contribution in [2.45, 2.75) is 32.9 Å². The highest BCUT2D eigenvalue weighted by Crippen LogP contribution is 2.26. The fourth-order valence-corrected chi connectivity index (χ4v) is 4.87. The Bertz CT molecular complexity index is 887. The summed E-state index contributed by atoms with van der Waals surface area (Å²) in [7, 11) is -3.09. The predicted molar refractivity (Wildman–Crippen MR) is 96.5 cm³/mol. The van der Waals surface area contributed by atoms with E-state index in [-0.39, 0.29) is 41.7 Å². The highest BCUT2D eigenvalue weighted by Gasteiger charge is 2.35. The number of furan rings is 1. The number of sulfone groups is 1. The summed E-state index contributed by atoms with van der Waals surface area (Å²) in [4.78, 5) is 14.2. The molecule has 0 unspecified atom stereocenters. The van der Waals surface area contributed by atoms with Crippen molar-refractivity contribution in [3.8, 4) is 11.3 Å². The van der Waals surface area contributed by atoms with Crippen LogP contribution >= 0.6 is 0 Å². The maximum atomic E-state index is 13.1. The number of amides is 1. The maximum Gasteiger partial charge on any atom is 0.225 e. The lowest BCUT2D eigenvalue weighted by molar-refractivity contribution is -0.137. The number of nitrogens with zero attached hydrogens (tertiary/aromatic N) is 1. The van der Waals surface area contributed by atoms with Crippen LogP contribution in [0, 0.1) is 11.7 Å². The molecule has 140 valence electrons. The molecule has 0 saturated carbocycles. The fraction of sp³-hybridized carbons (Fsp3) is 0.421. The van der Waals surface area contributed by atoms with Gasteiger partial charge in [-0.15, -0.1) is 0 Å². The Hall–Kier alpha value is -2.15. The standard InChI is InChI=1S/C19H22FNO4S/c1-13(2)19(22)21(16-9-10-26(23,24)12-16)11-17-7-8-18(25-17)14-3-5-15(20)6-4-14/h3-8,13,16H,9-12H2,1-2H3/t16-/m1/s1. The average Bonchev–Trinajstić information content (AvgIpc) is 3.19. The van der Waals surface area contributed by atoms with Crippen LogP contribution in [-0.4, -0.2) is 36.8 Å². The Balaban J connectivity index is 1.81. The number of carbonyl (C=O) groups is 1. The fourth-order valence-electron chi connectivity index (χ4n) is 3.14. The zero-order chi connectivity index (χ0) is 18.9. The molecule has 1 atom stereocenters. The van der Waals surface area contributed by atoms with Gasteiger partial charge >= 0.3 is 0 Å². The van der Waals surface area contributed by atoms with Crippen LogP contribution in [0.5, 0.6) is 0 Å². The van der Waals surface area contributed by atoms with E-state index >= 15 is 0 Å². The quantitative estimate of drug-likeness (QED) is 0.800. The van der Waals surface area contributed by atoms with Crippen molar-refractivity contribution in [1.82, 2.24) is 4.90 Å². The molecule has 1 fully saturated rings. The molecule has 0 radical (unpaired) electrons. The number of hydrogen-bond donors (Lipinski definition) is 0. The first kappa shape index (κ1) is 18.6. The van der Waals surface area contributed by atoms with Crippen LogP contribution in [0.4, 0.5) is 4.39 Å². The first-order valence-electron chi connectivity index (χ1n) is 8.61. The van der Waals surface area contributed by atoms with Crippen molar-refractivity contribution < 1.29 is 22.0 Å². The normalized spacial score (nSPS) is 19.0. The van der Waals surface area contributed by atoms with Gasteiger partial charge in [0.2, 0.25) is 5.91 Å². The molecule has 7 heteroatoms. The largest absolute Gasteiger partial charge is 0.459 e. The van der Waals surface area contributed by atoms with E-state index in [1.54, 1.807) is 43.0 Å². The van der Waals surface area contributed by atoms with Gasteiger partial charge in [-0.05, 0) is 42.8 Å². The van der Waals surface area contributed by atoms with Gasteiger partial charge in [-0.3, -0.25) is 4.79 Å². The van der Waals surface area contributed by atoms with Crippen molar-refractivity contribution >= 4 is 15.7 Å². The second-order valence-electron chi connectivity index (χ2n) is 6.95. The lowest BCUT2D eigenvalue weighted by Crippen LogP contribution is -2.42. The molecule has 5 nitrogen and oxygen atoms in total. The Morgan fingerprint density at radius 1 is 1.23 bits per heavy atom. The van der Waals surface area contributed by atoms with Gasteiger partial charge < -0.3 is 9.32 Å². The Labute approximate surface area is 152 Å². The molecule has 2 heterocycles. The Morgan fingerprint density at radius 2 is 1.92 bits per heavy atom. The van der Waals surface area contributed by atoms with Crippen LogP contribution in [0.1, 0.15) is 26.0 Å². The van der Waals surface area contributed by atoms with E-state index in [1.807, 2.05) is 0 Å². The summed E-state index contributed by atoms with van der Waals surface area (Å²) < 4.78 is 42.5. The van der Waals surface area contributed by atoms with Crippen molar-refractivity contribution in [1.29, 1.82) is 0 Å². The highest BCUT2D eigenvalue weighted by molar-refractivity contribution is 7.91. The van der Waals surface area contributed by atoms with Gasteiger partial charge in [0.15, 0.2) is 9.84 Å². The van der Waals surface area contributed by atoms with E-state index in [9.17, 15) is 17.6 Å². The van der Waals surface area contributed by atoms with E-state index in [0.717, 1.165) is 5.56 Å². The summed E-state index contributed by atoms with van der Waals surface area (Å²) in [6.45, 7) is 3.81. The third-order valence-electron chi connectivity index (χ3n) is 4.54. The summed E-state index contributed by atoms with van der Waals surface area (Å²) in [5.41, 5.74) is 0.739. The number of rotatable bonds is 5. The number of halogens is 1. The van der Waals surface area contributed by atoms with Gasteiger partial charge in [0, 0.05) is 17.5 Å². The molecule has 0 aliphatic carbocycles. The van der Waals surface area contributed by atoms with E-state index in [1.165, 1.54) is 12.1 Å². The van der Waals surface area contributed by atoms with Crippen LogP contribution < -0.4 is 0 Å². The van der Waals surface area contributed by atoms with Crippen molar-refractivity contribution in [2.24, 2.45) is 5.92 Å². The summed E-state index contributed by atoms with van der Waals surface area (Å²) in [6, 6.07) is 9.17. The molecule has 0 N–H and O–H groups in total. The average molecular weight is 379 g/mol. The monoisotopic (exact) mass is 379 g/mol. The molecular weight excluding hydrogens is 357 g/mol. The molecule has 3 rings (SSSR count). The highest BCUT2D eigenvalue weighted by atomic mass is 32.2. The summed E-state index contributed by atoms with van der Waals surface area (Å²) in [5.74, 6) is 0.613. The van der Waals surface area contributed by atoms with E-state index in [0.29, 0.717) is 17.9 Å². The van der Waals surface area contributed by atoms with E-state index < -0.39 is 9.84 Å². The van der Waals surface area contributed by atoms with Crippen molar-refractivity contribution in [3.63, 3.8) is 0 Å². The van der Waals surface area contributed by atoms with Crippen LogP contribution in [0.15, 0.2) is 40.8 Å². The van der Waals surface area contributed by atoms with Crippen LogP contribution in [-0.2, 0) is 21.2 Å². The molecular formula is C19H22FNO4S. The maximum absolute atomic E-state index is 13.1. The number of benzene rings is 1. The number of hydrogen-bond acceptors (Lipinski definition) is 4. The van der Waals surface area contributed by atoms with Crippen molar-refractivity contribution in [3.05, 3.63) is 48.0 Å². The van der Waals surface area contributed by atoms with Crippen molar-refractivity contribution in [2.75, 3.05) is 11.5 Å². The van der Waals surface area contributed by atoms with Gasteiger partial charge in [0.1, 0.15) is 17.3 Å². The Kier molecular flexibility index (Phi) is 5.18. The second kappa shape index (κ2) is 7.23.